The van der Waals surface area contributed by atoms with Crippen LogP contribution in [0.2, 0.25) is 0 Å². The zero-order valence-corrected chi connectivity index (χ0v) is 15.5. The molecule has 0 unspecified atom stereocenters. The van der Waals surface area contributed by atoms with Gasteiger partial charge < -0.3 is 19.5 Å². The Labute approximate surface area is 152 Å². The van der Waals surface area contributed by atoms with Crippen molar-refractivity contribution in [2.75, 3.05) is 32.7 Å². The molecule has 3 heterocycles. The molecule has 1 aliphatic rings. The van der Waals surface area contributed by atoms with Crippen molar-refractivity contribution in [2.24, 2.45) is 0 Å². The number of nitrogens with zero attached hydrogens (tertiary/aromatic N) is 1. The Hall–Kier alpha value is -1.64. The summed E-state index contributed by atoms with van der Waals surface area (Å²) in [6.07, 6.45) is 1.44. The highest BCUT2D eigenvalue weighted by atomic mass is 79.9. The molecule has 0 atom stereocenters. The molecule has 3 rings (SSSR count). The molecule has 8 heteroatoms. The van der Waals surface area contributed by atoms with Gasteiger partial charge in [-0.05, 0) is 40.2 Å². The Morgan fingerprint density at radius 2 is 2.08 bits per heavy atom. The second-order valence-corrected chi connectivity index (χ2v) is 8.22. The van der Waals surface area contributed by atoms with E-state index in [1.807, 2.05) is 4.90 Å². The van der Waals surface area contributed by atoms with E-state index in [1.165, 1.54) is 16.0 Å². The van der Waals surface area contributed by atoms with Gasteiger partial charge in [0.25, 0.3) is 5.91 Å². The van der Waals surface area contributed by atoms with Gasteiger partial charge in [-0.15, -0.1) is 11.3 Å². The fourth-order valence-electron chi connectivity index (χ4n) is 2.70. The largest absolute Gasteiger partial charge is 0.459 e. The summed E-state index contributed by atoms with van der Waals surface area (Å²) in [5, 5.41) is 2.60. The van der Waals surface area contributed by atoms with Crippen molar-refractivity contribution in [1.29, 1.82) is 0 Å². The Morgan fingerprint density at radius 3 is 2.71 bits per heavy atom. The van der Waals surface area contributed by atoms with Gasteiger partial charge in [0.2, 0.25) is 5.91 Å². The highest BCUT2D eigenvalue weighted by molar-refractivity contribution is 9.11. The third-order valence-corrected chi connectivity index (χ3v) is 5.65. The maximum Gasteiger partial charge on any atom is 0.287 e. The predicted octanol–water partition coefficient (Wildman–Crippen LogP) is 0.761. The molecule has 128 valence electrons. The first-order valence-corrected chi connectivity index (χ1v) is 9.40. The van der Waals surface area contributed by atoms with Crippen LogP contribution in [-0.4, -0.2) is 49.4 Å². The lowest BCUT2D eigenvalue weighted by molar-refractivity contribution is -0.917. The number of quaternary nitrogens is 1. The Morgan fingerprint density at radius 1 is 1.29 bits per heavy atom. The minimum atomic E-state index is -0.360. The summed E-state index contributed by atoms with van der Waals surface area (Å²) < 4.78 is 6.15. The first-order chi connectivity index (χ1) is 11.6. The Balaban J connectivity index is 1.41. The second kappa shape index (κ2) is 7.96. The molecule has 0 saturated carbocycles. The summed E-state index contributed by atoms with van der Waals surface area (Å²) >= 11 is 5.24. The molecule has 0 spiro atoms. The molecular formula is C16H19BrN3O3S+. The molecular weight excluding hydrogens is 394 g/mol. The molecule has 2 aromatic heterocycles. The van der Waals surface area contributed by atoms with Gasteiger partial charge in [-0.25, -0.2) is 0 Å². The van der Waals surface area contributed by atoms with Gasteiger partial charge in [0.05, 0.1) is 47.7 Å². The normalized spacial score (nSPS) is 15.5. The van der Waals surface area contributed by atoms with Gasteiger partial charge >= 0.3 is 0 Å². The third kappa shape index (κ3) is 4.46. The Bertz CT molecular complexity index is 693. The van der Waals surface area contributed by atoms with Crippen molar-refractivity contribution in [3.63, 3.8) is 0 Å². The van der Waals surface area contributed by atoms with Gasteiger partial charge in [-0.2, -0.15) is 0 Å². The molecule has 1 fully saturated rings. The van der Waals surface area contributed by atoms with Crippen LogP contribution in [0.4, 0.5) is 0 Å². The van der Waals surface area contributed by atoms with Crippen LogP contribution in [0.15, 0.2) is 38.7 Å². The summed E-state index contributed by atoms with van der Waals surface area (Å²) in [4.78, 5) is 28.6. The van der Waals surface area contributed by atoms with Crippen molar-refractivity contribution in [2.45, 2.75) is 6.54 Å². The van der Waals surface area contributed by atoms with E-state index in [4.69, 9.17) is 4.42 Å². The van der Waals surface area contributed by atoms with Gasteiger partial charge in [0, 0.05) is 0 Å². The van der Waals surface area contributed by atoms with Crippen LogP contribution in [0, 0.1) is 0 Å². The lowest BCUT2D eigenvalue weighted by Gasteiger charge is -2.32. The zero-order chi connectivity index (χ0) is 16.9. The maximum atomic E-state index is 12.2. The molecule has 2 N–H and O–H groups in total. The molecule has 6 nitrogen and oxygen atoms in total. The lowest BCUT2D eigenvalue weighted by atomic mass is 10.3. The summed E-state index contributed by atoms with van der Waals surface area (Å²) in [6, 6.07) is 7.43. The molecule has 2 amide bonds. The fraction of sp³-hybridized carbons (Fsp3) is 0.375. The summed E-state index contributed by atoms with van der Waals surface area (Å²) in [7, 11) is 0. The molecule has 0 radical (unpaired) electrons. The van der Waals surface area contributed by atoms with E-state index in [0.29, 0.717) is 0 Å². The quantitative estimate of drug-likeness (QED) is 0.761. The summed E-state index contributed by atoms with van der Waals surface area (Å²) in [5.74, 6) is -0.187. The summed E-state index contributed by atoms with van der Waals surface area (Å²) in [5.41, 5.74) is 0. The van der Waals surface area contributed by atoms with E-state index in [1.54, 1.807) is 23.5 Å². The van der Waals surface area contributed by atoms with Gasteiger partial charge in [0.1, 0.15) is 6.54 Å². The minimum absolute atomic E-state index is 0.00668. The van der Waals surface area contributed by atoms with Crippen molar-refractivity contribution >= 4 is 39.1 Å². The molecule has 0 aromatic carbocycles. The molecule has 1 aliphatic heterocycles. The second-order valence-electron chi connectivity index (χ2n) is 5.67. The van der Waals surface area contributed by atoms with Crippen molar-refractivity contribution in [3.8, 4) is 0 Å². The van der Waals surface area contributed by atoms with E-state index in [0.717, 1.165) is 36.5 Å². The van der Waals surface area contributed by atoms with E-state index in [-0.39, 0.29) is 24.1 Å². The van der Waals surface area contributed by atoms with Crippen LogP contribution in [0.3, 0.4) is 0 Å². The topological polar surface area (TPSA) is 67.0 Å². The van der Waals surface area contributed by atoms with Gasteiger partial charge in [-0.3, -0.25) is 9.59 Å². The number of carbonyl (C=O) groups excluding carboxylic acids is 2. The van der Waals surface area contributed by atoms with E-state index >= 15 is 0 Å². The van der Waals surface area contributed by atoms with E-state index < -0.39 is 0 Å². The lowest BCUT2D eigenvalue weighted by Crippen LogP contribution is -3.13. The number of halogens is 1. The van der Waals surface area contributed by atoms with Crippen LogP contribution < -0.4 is 10.2 Å². The van der Waals surface area contributed by atoms with Gasteiger partial charge in [0.15, 0.2) is 5.76 Å². The number of hydrogen-bond acceptors (Lipinski definition) is 4. The van der Waals surface area contributed by atoms with Crippen molar-refractivity contribution < 1.29 is 18.9 Å². The number of rotatable bonds is 5. The van der Waals surface area contributed by atoms with Crippen LogP contribution >= 0.6 is 27.3 Å². The third-order valence-electron chi connectivity index (χ3n) is 4.02. The minimum Gasteiger partial charge on any atom is -0.459 e. The predicted molar refractivity (Wildman–Crippen MR) is 94.0 cm³/mol. The highest BCUT2D eigenvalue weighted by Crippen LogP contribution is 2.21. The van der Waals surface area contributed by atoms with Crippen LogP contribution in [-0.2, 0) is 11.3 Å². The van der Waals surface area contributed by atoms with Crippen LogP contribution in [0.5, 0.6) is 0 Å². The number of nitrogens with one attached hydrogen (secondary N) is 2. The molecule has 0 aliphatic carbocycles. The molecule has 1 saturated heterocycles. The van der Waals surface area contributed by atoms with Gasteiger partial charge in [-0.1, -0.05) is 0 Å². The first kappa shape index (κ1) is 17.2. The molecule has 0 bridgehead atoms. The Kier molecular flexibility index (Phi) is 5.70. The zero-order valence-electron chi connectivity index (χ0n) is 13.1. The standard InChI is InChI=1S/C16H18BrN3O3S/c17-14-4-3-12(24-14)11-19-5-7-20(8-6-19)15(21)10-18-16(22)13-2-1-9-23-13/h1-4,9H,5-8,10-11H2,(H,18,22)/p+1. The summed E-state index contributed by atoms with van der Waals surface area (Å²) in [6.45, 7) is 4.29. The molecule has 24 heavy (non-hydrogen) atoms. The van der Waals surface area contributed by atoms with E-state index in [2.05, 4.69) is 33.4 Å². The average Bonchev–Trinajstić information content (AvgIpc) is 3.25. The van der Waals surface area contributed by atoms with Crippen LogP contribution in [0.25, 0.3) is 0 Å². The number of furan rings is 1. The van der Waals surface area contributed by atoms with Crippen LogP contribution in [0.1, 0.15) is 15.4 Å². The number of amides is 2. The number of piperazine rings is 1. The maximum absolute atomic E-state index is 12.2. The van der Waals surface area contributed by atoms with E-state index in [9.17, 15) is 9.59 Å². The smallest absolute Gasteiger partial charge is 0.287 e. The van der Waals surface area contributed by atoms with Crippen molar-refractivity contribution in [3.05, 3.63) is 45.0 Å². The van der Waals surface area contributed by atoms with Crippen molar-refractivity contribution in [1.82, 2.24) is 10.2 Å². The first-order valence-electron chi connectivity index (χ1n) is 7.79. The highest BCUT2D eigenvalue weighted by Gasteiger charge is 2.24. The molecule has 2 aromatic rings. The monoisotopic (exact) mass is 412 g/mol. The SMILES string of the molecule is O=C(NCC(=O)N1CC[NH+](Cc2ccc(Br)s2)CC1)c1ccco1. The number of carbonyl (C=O) groups is 2. The fourth-order valence-corrected chi connectivity index (χ4v) is 4.26. The number of hydrogen-bond donors (Lipinski definition) is 2. The number of thiophene rings is 1. The average molecular weight is 413 g/mol.